The van der Waals surface area contributed by atoms with Crippen LogP contribution in [-0.2, 0) is 9.84 Å². The van der Waals surface area contributed by atoms with Gasteiger partial charge in [-0.05, 0) is 25.8 Å². The van der Waals surface area contributed by atoms with Gasteiger partial charge in [0.05, 0.1) is 6.61 Å². The summed E-state index contributed by atoms with van der Waals surface area (Å²) in [5.74, 6) is 6.52. The smallest absolute Gasteiger partial charge is 0.147 e. The van der Waals surface area contributed by atoms with Gasteiger partial charge in [0.1, 0.15) is 15.6 Å². The highest BCUT2D eigenvalue weighted by Gasteiger charge is 2.15. The van der Waals surface area contributed by atoms with E-state index in [0.717, 1.165) is 11.3 Å². The second-order valence-electron chi connectivity index (χ2n) is 4.46. The zero-order valence-corrected chi connectivity index (χ0v) is 12.2. The number of nitrogens with one attached hydrogen (secondary N) is 1. The van der Waals surface area contributed by atoms with Crippen LogP contribution < -0.4 is 16.0 Å². The van der Waals surface area contributed by atoms with E-state index >= 15 is 0 Å². The van der Waals surface area contributed by atoms with E-state index in [1.165, 1.54) is 6.26 Å². The molecule has 0 aliphatic heterocycles. The number of sulfone groups is 1. The summed E-state index contributed by atoms with van der Waals surface area (Å²) in [5.41, 5.74) is 3.69. The summed E-state index contributed by atoms with van der Waals surface area (Å²) < 4.78 is 27.8. The van der Waals surface area contributed by atoms with Gasteiger partial charge in [0, 0.05) is 23.6 Å². The fraction of sp³-hybridized carbons (Fsp3) is 0.538. The van der Waals surface area contributed by atoms with E-state index in [1.54, 1.807) is 0 Å². The molecule has 0 amide bonds. The van der Waals surface area contributed by atoms with Crippen LogP contribution in [0.2, 0.25) is 0 Å². The average molecular weight is 286 g/mol. The van der Waals surface area contributed by atoms with Crippen LogP contribution in [0.5, 0.6) is 5.75 Å². The van der Waals surface area contributed by atoms with Crippen molar-refractivity contribution in [2.45, 2.75) is 25.8 Å². The second kappa shape index (κ2) is 7.47. The maximum absolute atomic E-state index is 11.1. The lowest BCUT2D eigenvalue weighted by atomic mass is 10.0. The van der Waals surface area contributed by atoms with Gasteiger partial charge < -0.3 is 4.74 Å². The molecule has 0 saturated heterocycles. The first-order valence-electron chi connectivity index (χ1n) is 6.33. The normalized spacial score (nSPS) is 13.2. The largest absolute Gasteiger partial charge is 0.494 e. The number of hydrogen-bond acceptors (Lipinski definition) is 5. The monoisotopic (exact) mass is 286 g/mol. The number of ether oxygens (including phenoxy) is 1. The van der Waals surface area contributed by atoms with E-state index in [2.05, 4.69) is 5.43 Å². The zero-order chi connectivity index (χ0) is 14.3. The lowest BCUT2D eigenvalue weighted by molar-refractivity contribution is 0.330. The van der Waals surface area contributed by atoms with Gasteiger partial charge in [-0.1, -0.05) is 18.2 Å². The molecule has 1 atom stereocenters. The Morgan fingerprint density at radius 1 is 1.37 bits per heavy atom. The SMILES string of the molecule is CCOc1ccccc1C(CCCS(C)(=O)=O)NN. The minimum atomic E-state index is -2.93. The Kier molecular flexibility index (Phi) is 6.27. The fourth-order valence-corrected chi connectivity index (χ4v) is 2.62. The van der Waals surface area contributed by atoms with Crippen molar-refractivity contribution in [3.8, 4) is 5.75 Å². The van der Waals surface area contributed by atoms with Gasteiger partial charge in [-0.3, -0.25) is 11.3 Å². The van der Waals surface area contributed by atoms with Crippen LogP contribution in [0.4, 0.5) is 0 Å². The molecule has 0 radical (unpaired) electrons. The van der Waals surface area contributed by atoms with E-state index in [4.69, 9.17) is 10.6 Å². The molecular weight excluding hydrogens is 264 g/mol. The van der Waals surface area contributed by atoms with E-state index in [9.17, 15) is 8.42 Å². The topological polar surface area (TPSA) is 81.4 Å². The molecule has 1 rings (SSSR count). The van der Waals surface area contributed by atoms with E-state index in [0.29, 0.717) is 19.4 Å². The standard InChI is InChI=1S/C13H22N2O3S/c1-3-18-13-9-5-4-7-11(13)12(15-14)8-6-10-19(2,16)17/h4-5,7,9,12,15H,3,6,8,10,14H2,1-2H3. The lowest BCUT2D eigenvalue weighted by Gasteiger charge is -2.19. The molecule has 0 bridgehead atoms. The summed E-state index contributed by atoms with van der Waals surface area (Å²) in [6.07, 6.45) is 2.45. The molecule has 0 aliphatic rings. The first-order chi connectivity index (χ1) is 8.98. The van der Waals surface area contributed by atoms with Crippen LogP contribution in [0.1, 0.15) is 31.4 Å². The van der Waals surface area contributed by atoms with Crippen LogP contribution >= 0.6 is 0 Å². The fourth-order valence-electron chi connectivity index (χ4n) is 1.93. The molecule has 0 heterocycles. The average Bonchev–Trinajstić information content (AvgIpc) is 2.35. The minimum absolute atomic E-state index is 0.107. The summed E-state index contributed by atoms with van der Waals surface area (Å²) in [4.78, 5) is 0. The van der Waals surface area contributed by atoms with Crippen molar-refractivity contribution in [1.82, 2.24) is 5.43 Å². The van der Waals surface area contributed by atoms with Crippen molar-refractivity contribution in [3.63, 3.8) is 0 Å². The third kappa shape index (κ3) is 5.59. The van der Waals surface area contributed by atoms with Gasteiger partial charge in [-0.25, -0.2) is 8.42 Å². The molecule has 5 nitrogen and oxygen atoms in total. The highest BCUT2D eigenvalue weighted by Crippen LogP contribution is 2.27. The summed E-state index contributed by atoms with van der Waals surface area (Å²) in [6, 6.07) is 7.54. The molecular formula is C13H22N2O3S. The van der Waals surface area contributed by atoms with Gasteiger partial charge in [0.15, 0.2) is 0 Å². The molecule has 1 aromatic rings. The zero-order valence-electron chi connectivity index (χ0n) is 11.4. The molecule has 6 heteroatoms. The van der Waals surface area contributed by atoms with Crippen LogP contribution in [-0.4, -0.2) is 27.0 Å². The van der Waals surface area contributed by atoms with E-state index in [1.807, 2.05) is 31.2 Å². The number of benzene rings is 1. The molecule has 1 unspecified atom stereocenters. The molecule has 1 aromatic carbocycles. The first kappa shape index (κ1) is 15.9. The van der Waals surface area contributed by atoms with Crippen LogP contribution in [0.15, 0.2) is 24.3 Å². The van der Waals surface area contributed by atoms with Crippen molar-refractivity contribution in [2.75, 3.05) is 18.6 Å². The van der Waals surface area contributed by atoms with Crippen LogP contribution in [0.3, 0.4) is 0 Å². The van der Waals surface area contributed by atoms with Gasteiger partial charge in [-0.15, -0.1) is 0 Å². The number of para-hydroxylation sites is 1. The van der Waals surface area contributed by atoms with Crippen molar-refractivity contribution in [1.29, 1.82) is 0 Å². The predicted molar refractivity (Wildman–Crippen MR) is 76.6 cm³/mol. The van der Waals surface area contributed by atoms with E-state index < -0.39 is 9.84 Å². The number of rotatable bonds is 8. The summed E-state index contributed by atoms with van der Waals surface area (Å²) in [5, 5.41) is 0. The first-order valence-corrected chi connectivity index (χ1v) is 8.39. The number of hydrazine groups is 1. The van der Waals surface area contributed by atoms with Crippen LogP contribution in [0.25, 0.3) is 0 Å². The Balaban J connectivity index is 2.74. The Morgan fingerprint density at radius 2 is 2.05 bits per heavy atom. The lowest BCUT2D eigenvalue weighted by Crippen LogP contribution is -2.28. The Bertz CT molecular complexity index is 488. The van der Waals surface area contributed by atoms with Gasteiger partial charge in [0.25, 0.3) is 0 Å². The Morgan fingerprint density at radius 3 is 2.63 bits per heavy atom. The van der Waals surface area contributed by atoms with Gasteiger partial charge in [0.2, 0.25) is 0 Å². The molecule has 0 fully saturated rings. The van der Waals surface area contributed by atoms with Crippen molar-refractivity contribution < 1.29 is 13.2 Å². The molecule has 19 heavy (non-hydrogen) atoms. The Hall–Kier alpha value is -1.11. The third-order valence-corrected chi connectivity index (χ3v) is 3.83. The van der Waals surface area contributed by atoms with Crippen molar-refractivity contribution >= 4 is 9.84 Å². The van der Waals surface area contributed by atoms with Crippen molar-refractivity contribution in [2.24, 2.45) is 5.84 Å². The van der Waals surface area contributed by atoms with E-state index in [-0.39, 0.29) is 11.8 Å². The highest BCUT2D eigenvalue weighted by atomic mass is 32.2. The maximum Gasteiger partial charge on any atom is 0.147 e. The molecule has 0 spiro atoms. The molecule has 3 N–H and O–H groups in total. The molecule has 0 aliphatic carbocycles. The number of hydrogen-bond donors (Lipinski definition) is 2. The third-order valence-electron chi connectivity index (χ3n) is 2.80. The second-order valence-corrected chi connectivity index (χ2v) is 6.72. The Labute approximate surface area is 115 Å². The van der Waals surface area contributed by atoms with Gasteiger partial charge in [-0.2, -0.15) is 0 Å². The quantitative estimate of drug-likeness (QED) is 0.558. The molecule has 0 aromatic heterocycles. The summed E-state index contributed by atoms with van der Waals surface area (Å²) >= 11 is 0. The van der Waals surface area contributed by atoms with Crippen molar-refractivity contribution in [3.05, 3.63) is 29.8 Å². The molecule has 108 valence electrons. The van der Waals surface area contributed by atoms with Crippen LogP contribution in [0, 0.1) is 0 Å². The maximum atomic E-state index is 11.1. The highest BCUT2D eigenvalue weighted by molar-refractivity contribution is 7.90. The molecule has 0 saturated carbocycles. The minimum Gasteiger partial charge on any atom is -0.494 e. The predicted octanol–water partition coefficient (Wildman–Crippen LogP) is 1.41. The number of nitrogens with two attached hydrogens (primary N) is 1. The summed E-state index contributed by atoms with van der Waals surface area (Å²) in [6.45, 7) is 2.50. The summed E-state index contributed by atoms with van der Waals surface area (Å²) in [7, 11) is -2.93. The van der Waals surface area contributed by atoms with Gasteiger partial charge >= 0.3 is 0 Å².